The number of rotatable bonds is 4. The van der Waals surface area contributed by atoms with E-state index in [4.69, 9.17) is 9.26 Å². The van der Waals surface area contributed by atoms with Gasteiger partial charge in [0.25, 0.3) is 0 Å². The summed E-state index contributed by atoms with van der Waals surface area (Å²) in [6.45, 7) is 6.58. The van der Waals surface area contributed by atoms with Crippen LogP contribution in [0.15, 0.2) is 34.9 Å². The first-order valence-electron chi connectivity index (χ1n) is 8.12. The molecule has 2 aromatic rings. The van der Waals surface area contributed by atoms with Gasteiger partial charge in [0.1, 0.15) is 11.5 Å². The van der Waals surface area contributed by atoms with Crippen molar-refractivity contribution < 1.29 is 14.1 Å². The van der Waals surface area contributed by atoms with Gasteiger partial charge in [0.15, 0.2) is 0 Å². The zero-order valence-corrected chi connectivity index (χ0v) is 14.4. The van der Waals surface area contributed by atoms with E-state index in [2.05, 4.69) is 10.1 Å². The fourth-order valence-corrected chi connectivity index (χ4v) is 3.19. The average molecular weight is 329 g/mol. The number of hydrogen-bond donors (Lipinski definition) is 0. The normalized spacial score (nSPS) is 18.6. The molecule has 0 aliphatic carbocycles. The molecule has 1 fully saturated rings. The number of benzene rings is 1. The van der Waals surface area contributed by atoms with Crippen LogP contribution in [0, 0.1) is 6.92 Å². The molecule has 0 N–H and O–H groups in total. The lowest BCUT2D eigenvalue weighted by Gasteiger charge is -2.41. The van der Waals surface area contributed by atoms with Crippen molar-refractivity contribution in [2.24, 2.45) is 0 Å². The Balaban J connectivity index is 1.77. The Morgan fingerprint density at radius 2 is 2.08 bits per heavy atom. The lowest BCUT2D eigenvalue weighted by atomic mass is 10.0. The van der Waals surface area contributed by atoms with Crippen molar-refractivity contribution >= 4 is 5.91 Å². The van der Waals surface area contributed by atoms with E-state index < -0.39 is 0 Å². The molecule has 24 heavy (non-hydrogen) atoms. The average Bonchev–Trinajstić information content (AvgIpc) is 2.99. The second-order valence-electron chi connectivity index (χ2n) is 6.17. The van der Waals surface area contributed by atoms with Crippen LogP contribution in [-0.2, 0) is 11.3 Å². The minimum absolute atomic E-state index is 0.0372. The van der Waals surface area contributed by atoms with Crippen molar-refractivity contribution in [1.82, 2.24) is 15.0 Å². The highest BCUT2D eigenvalue weighted by molar-refractivity contribution is 5.74. The summed E-state index contributed by atoms with van der Waals surface area (Å²) >= 11 is 0. The molecule has 2 heterocycles. The monoisotopic (exact) mass is 329 g/mol. The highest BCUT2D eigenvalue weighted by atomic mass is 16.5. The van der Waals surface area contributed by atoms with E-state index in [-0.39, 0.29) is 11.9 Å². The molecule has 0 saturated carbocycles. The van der Waals surface area contributed by atoms with Crippen LogP contribution in [0.25, 0.3) is 0 Å². The molecule has 1 amide bonds. The van der Waals surface area contributed by atoms with Gasteiger partial charge in [0.2, 0.25) is 5.91 Å². The third-order valence-corrected chi connectivity index (χ3v) is 4.43. The maximum absolute atomic E-state index is 12.0. The Hall–Kier alpha value is -2.34. The lowest BCUT2D eigenvalue weighted by molar-refractivity contribution is -0.134. The molecule has 6 nitrogen and oxygen atoms in total. The molecule has 3 rings (SSSR count). The molecule has 0 spiro atoms. The summed E-state index contributed by atoms with van der Waals surface area (Å²) in [5.74, 6) is 1.74. The molecule has 0 bridgehead atoms. The van der Waals surface area contributed by atoms with Gasteiger partial charge in [0.05, 0.1) is 18.8 Å². The smallest absolute Gasteiger partial charge is 0.220 e. The minimum atomic E-state index is 0.0372. The molecule has 1 aromatic heterocycles. The van der Waals surface area contributed by atoms with Crippen molar-refractivity contribution in [3.8, 4) is 5.75 Å². The van der Waals surface area contributed by atoms with Crippen LogP contribution >= 0.6 is 0 Å². The second kappa shape index (κ2) is 7.05. The van der Waals surface area contributed by atoms with Crippen LogP contribution in [-0.4, -0.2) is 47.6 Å². The highest BCUT2D eigenvalue weighted by Crippen LogP contribution is 2.28. The number of piperazine rings is 1. The second-order valence-corrected chi connectivity index (χ2v) is 6.17. The number of carbonyl (C=O) groups excluding carboxylic acids is 1. The number of hydrogen-bond acceptors (Lipinski definition) is 5. The Bertz CT molecular complexity index is 696. The van der Waals surface area contributed by atoms with Gasteiger partial charge in [-0.05, 0) is 24.6 Å². The van der Waals surface area contributed by atoms with Gasteiger partial charge in [-0.25, -0.2) is 0 Å². The lowest BCUT2D eigenvalue weighted by Crippen LogP contribution is -2.49. The van der Waals surface area contributed by atoms with Crippen molar-refractivity contribution in [2.45, 2.75) is 26.4 Å². The van der Waals surface area contributed by atoms with E-state index in [0.29, 0.717) is 6.54 Å². The van der Waals surface area contributed by atoms with Crippen molar-refractivity contribution in [1.29, 1.82) is 0 Å². The van der Waals surface area contributed by atoms with E-state index >= 15 is 0 Å². The van der Waals surface area contributed by atoms with E-state index in [9.17, 15) is 4.79 Å². The fourth-order valence-electron chi connectivity index (χ4n) is 3.19. The third kappa shape index (κ3) is 3.59. The van der Waals surface area contributed by atoms with Gasteiger partial charge in [-0.15, -0.1) is 0 Å². The molecule has 1 aliphatic rings. The summed E-state index contributed by atoms with van der Waals surface area (Å²) in [5, 5.41) is 4.07. The first kappa shape index (κ1) is 16.5. The van der Waals surface area contributed by atoms with Gasteiger partial charge in [0, 0.05) is 39.2 Å². The fraction of sp³-hybridized carbons (Fsp3) is 0.444. The van der Waals surface area contributed by atoms with Crippen LogP contribution < -0.4 is 4.74 Å². The predicted molar refractivity (Wildman–Crippen MR) is 89.6 cm³/mol. The molecular weight excluding hydrogens is 306 g/mol. The molecule has 0 radical (unpaired) electrons. The van der Waals surface area contributed by atoms with Crippen LogP contribution in [0.4, 0.5) is 0 Å². The largest absolute Gasteiger partial charge is 0.497 e. The Labute approximate surface area is 142 Å². The molecule has 1 atom stereocenters. The van der Waals surface area contributed by atoms with Crippen molar-refractivity contribution in [3.05, 3.63) is 47.3 Å². The van der Waals surface area contributed by atoms with Crippen LogP contribution in [0.5, 0.6) is 5.75 Å². The maximum atomic E-state index is 12.0. The summed E-state index contributed by atoms with van der Waals surface area (Å²) in [5.41, 5.74) is 2.05. The van der Waals surface area contributed by atoms with Crippen LogP contribution in [0.2, 0.25) is 0 Å². The quantitative estimate of drug-likeness (QED) is 0.862. The summed E-state index contributed by atoms with van der Waals surface area (Å²) in [6.07, 6.45) is 0. The SMILES string of the molecule is COc1ccc([C@@H]2CN(Cc3cc(C)on3)CCN2C(C)=O)cc1. The molecule has 0 unspecified atom stereocenters. The van der Waals surface area contributed by atoms with Crippen LogP contribution in [0.1, 0.15) is 30.0 Å². The summed E-state index contributed by atoms with van der Waals surface area (Å²) in [7, 11) is 1.65. The van der Waals surface area contributed by atoms with E-state index in [1.165, 1.54) is 0 Å². The number of aryl methyl sites for hydroxylation is 1. The summed E-state index contributed by atoms with van der Waals surface area (Å²) in [6, 6.07) is 9.93. The summed E-state index contributed by atoms with van der Waals surface area (Å²) < 4.78 is 10.4. The van der Waals surface area contributed by atoms with E-state index in [1.54, 1.807) is 14.0 Å². The number of aromatic nitrogens is 1. The topological polar surface area (TPSA) is 58.8 Å². The van der Waals surface area contributed by atoms with Gasteiger partial charge in [-0.3, -0.25) is 9.69 Å². The summed E-state index contributed by atoms with van der Waals surface area (Å²) in [4.78, 5) is 16.3. The first-order chi connectivity index (χ1) is 11.6. The number of carbonyl (C=O) groups is 1. The maximum Gasteiger partial charge on any atom is 0.220 e. The third-order valence-electron chi connectivity index (χ3n) is 4.43. The zero-order chi connectivity index (χ0) is 17.1. The molecule has 128 valence electrons. The number of ether oxygens (including phenoxy) is 1. The first-order valence-corrected chi connectivity index (χ1v) is 8.12. The Kier molecular flexibility index (Phi) is 4.85. The molecule has 1 aliphatic heterocycles. The van der Waals surface area contributed by atoms with E-state index in [1.807, 2.05) is 42.2 Å². The van der Waals surface area contributed by atoms with Crippen molar-refractivity contribution in [3.63, 3.8) is 0 Å². The van der Waals surface area contributed by atoms with Gasteiger partial charge >= 0.3 is 0 Å². The van der Waals surface area contributed by atoms with Gasteiger partial charge < -0.3 is 14.2 Å². The highest BCUT2D eigenvalue weighted by Gasteiger charge is 2.30. The predicted octanol–water partition coefficient (Wildman–Crippen LogP) is 2.40. The van der Waals surface area contributed by atoms with Crippen molar-refractivity contribution in [2.75, 3.05) is 26.7 Å². The standard InChI is InChI=1S/C18H23N3O3/c1-13-10-16(19-24-13)11-20-8-9-21(14(2)22)18(12-20)15-4-6-17(23-3)7-5-15/h4-7,10,18H,8-9,11-12H2,1-3H3/t18-/m0/s1. The minimum Gasteiger partial charge on any atom is -0.497 e. The molecule has 1 saturated heterocycles. The Morgan fingerprint density at radius 3 is 2.67 bits per heavy atom. The van der Waals surface area contributed by atoms with E-state index in [0.717, 1.165) is 42.4 Å². The number of nitrogens with zero attached hydrogens (tertiary/aromatic N) is 3. The molecule has 6 heteroatoms. The van der Waals surface area contributed by atoms with Crippen LogP contribution in [0.3, 0.4) is 0 Å². The zero-order valence-electron chi connectivity index (χ0n) is 14.4. The van der Waals surface area contributed by atoms with Gasteiger partial charge in [-0.2, -0.15) is 0 Å². The molecular formula is C18H23N3O3. The Morgan fingerprint density at radius 1 is 1.33 bits per heavy atom. The number of methoxy groups -OCH3 is 1. The molecule has 1 aromatic carbocycles. The number of amides is 1. The van der Waals surface area contributed by atoms with Gasteiger partial charge in [-0.1, -0.05) is 17.3 Å².